The van der Waals surface area contributed by atoms with Crippen LogP contribution in [0.25, 0.3) is 0 Å². The van der Waals surface area contributed by atoms with Crippen LogP contribution in [0.15, 0.2) is 0 Å². The van der Waals surface area contributed by atoms with Gasteiger partial charge in [0.25, 0.3) is 0 Å². The maximum Gasteiger partial charge on any atom is 0.162 e. The Morgan fingerprint density at radius 3 is 1.71 bits per heavy atom. The summed E-state index contributed by atoms with van der Waals surface area (Å²) in [5, 5.41) is 0. The Balaban J connectivity index is 1.53. The molecule has 5 atom stereocenters. The summed E-state index contributed by atoms with van der Waals surface area (Å²) < 4.78 is 55.3. The number of aldehydes is 1. The summed E-state index contributed by atoms with van der Waals surface area (Å²) in [7, 11) is 0. The van der Waals surface area contributed by atoms with Crippen LogP contribution in [0.1, 0.15) is 57.8 Å². The van der Waals surface area contributed by atoms with E-state index in [1.165, 1.54) is 0 Å². The second kappa shape index (κ2) is 7.74. The maximum absolute atomic E-state index is 14.7. The fourth-order valence-electron chi connectivity index (χ4n) is 5.39. The van der Waals surface area contributed by atoms with Crippen LogP contribution < -0.4 is 0 Å². The third kappa shape index (κ3) is 3.80. The fraction of sp³-hybridized carbons (Fsp3) is 0.947. The predicted octanol–water partition coefficient (Wildman–Crippen LogP) is 5.17. The molecule has 0 aliphatic heterocycles. The van der Waals surface area contributed by atoms with Crippen molar-refractivity contribution in [3.8, 4) is 0 Å². The Morgan fingerprint density at radius 1 is 0.625 bits per heavy atom. The van der Waals surface area contributed by atoms with Crippen molar-refractivity contribution in [1.29, 1.82) is 0 Å². The molecule has 0 saturated heterocycles. The van der Waals surface area contributed by atoms with Crippen LogP contribution in [0.4, 0.5) is 17.6 Å². The zero-order chi connectivity index (χ0) is 17.3. The normalized spacial score (nSPS) is 50.4. The number of carbonyl (C=O) groups excluding carboxylic acids is 1. The van der Waals surface area contributed by atoms with Crippen molar-refractivity contribution in [3.63, 3.8) is 0 Å². The molecule has 24 heavy (non-hydrogen) atoms. The number of carbonyl (C=O) groups is 1. The summed E-state index contributed by atoms with van der Waals surface area (Å²) in [5.74, 6) is 0.270. The standard InChI is InChI=1S/C19H28F4O/c20-16-7-13(12-3-1-11(10-24)2-4-12)5-6-15(16)14-8-17(21)19(23)18(22)9-14/h10-19H,1-9H2. The van der Waals surface area contributed by atoms with Crippen LogP contribution >= 0.6 is 0 Å². The van der Waals surface area contributed by atoms with Gasteiger partial charge in [-0.25, -0.2) is 17.6 Å². The van der Waals surface area contributed by atoms with Crippen molar-refractivity contribution < 1.29 is 22.4 Å². The molecule has 0 aromatic heterocycles. The molecular formula is C19H28F4O. The first kappa shape index (κ1) is 18.2. The smallest absolute Gasteiger partial charge is 0.162 e. The Kier molecular flexibility index (Phi) is 5.86. The lowest BCUT2D eigenvalue weighted by Gasteiger charge is -2.43. The minimum atomic E-state index is -2.04. The molecule has 3 rings (SSSR count). The summed E-state index contributed by atoms with van der Waals surface area (Å²) in [6, 6.07) is 0. The SMILES string of the molecule is O=CC1CCC(C2CCC(C3CC(F)C(F)C(F)C3)C(F)C2)CC1. The largest absolute Gasteiger partial charge is 0.303 e. The molecule has 0 N–H and O–H groups in total. The number of halogens is 4. The number of hydrogen-bond donors (Lipinski definition) is 0. The molecule has 138 valence electrons. The van der Waals surface area contributed by atoms with E-state index < -0.39 is 24.7 Å². The summed E-state index contributed by atoms with van der Waals surface area (Å²) in [4.78, 5) is 10.8. The first-order valence-corrected chi connectivity index (χ1v) is 9.51. The lowest BCUT2D eigenvalue weighted by atomic mass is 9.64. The third-order valence-electron chi connectivity index (χ3n) is 6.89. The van der Waals surface area contributed by atoms with E-state index in [9.17, 15) is 22.4 Å². The molecular weight excluding hydrogens is 320 g/mol. The Bertz CT molecular complexity index is 412. The van der Waals surface area contributed by atoms with Crippen molar-refractivity contribution >= 4 is 6.29 Å². The minimum Gasteiger partial charge on any atom is -0.303 e. The lowest BCUT2D eigenvalue weighted by Crippen LogP contribution is -2.43. The topological polar surface area (TPSA) is 17.1 Å². The fourth-order valence-corrected chi connectivity index (χ4v) is 5.39. The van der Waals surface area contributed by atoms with Gasteiger partial charge >= 0.3 is 0 Å². The zero-order valence-corrected chi connectivity index (χ0v) is 14.1. The predicted molar refractivity (Wildman–Crippen MR) is 84.7 cm³/mol. The molecule has 0 spiro atoms. The van der Waals surface area contributed by atoms with E-state index in [4.69, 9.17) is 0 Å². The molecule has 0 aromatic rings. The molecule has 5 heteroatoms. The van der Waals surface area contributed by atoms with E-state index >= 15 is 0 Å². The van der Waals surface area contributed by atoms with Gasteiger partial charge in [0.1, 0.15) is 24.8 Å². The highest BCUT2D eigenvalue weighted by Gasteiger charge is 2.45. The number of rotatable bonds is 3. The molecule has 1 nitrogen and oxygen atoms in total. The third-order valence-corrected chi connectivity index (χ3v) is 6.89. The van der Waals surface area contributed by atoms with Crippen LogP contribution in [0, 0.1) is 29.6 Å². The average Bonchev–Trinajstić information content (AvgIpc) is 2.59. The van der Waals surface area contributed by atoms with Gasteiger partial charge in [0.2, 0.25) is 0 Å². The van der Waals surface area contributed by atoms with Gasteiger partial charge < -0.3 is 4.79 Å². The van der Waals surface area contributed by atoms with Gasteiger partial charge in [-0.2, -0.15) is 0 Å². The summed E-state index contributed by atoms with van der Waals surface area (Å²) >= 11 is 0. The van der Waals surface area contributed by atoms with E-state index in [-0.39, 0.29) is 30.6 Å². The van der Waals surface area contributed by atoms with Crippen molar-refractivity contribution in [1.82, 2.24) is 0 Å². The van der Waals surface area contributed by atoms with E-state index in [2.05, 4.69) is 0 Å². The molecule has 3 aliphatic rings. The van der Waals surface area contributed by atoms with Gasteiger partial charge in [-0.3, -0.25) is 0 Å². The minimum absolute atomic E-state index is 0.0399. The maximum atomic E-state index is 14.7. The average molecular weight is 348 g/mol. The number of alkyl halides is 4. The first-order valence-electron chi connectivity index (χ1n) is 9.51. The Hall–Kier alpha value is -0.610. The molecule has 5 unspecified atom stereocenters. The van der Waals surface area contributed by atoms with Gasteiger partial charge in [0, 0.05) is 5.92 Å². The molecule has 3 aliphatic carbocycles. The Labute approximate surface area is 141 Å². The van der Waals surface area contributed by atoms with Crippen molar-refractivity contribution in [2.24, 2.45) is 29.6 Å². The highest BCUT2D eigenvalue weighted by atomic mass is 19.2. The molecule has 0 heterocycles. The van der Waals surface area contributed by atoms with Gasteiger partial charge in [-0.1, -0.05) is 0 Å². The highest BCUT2D eigenvalue weighted by Crippen LogP contribution is 2.47. The van der Waals surface area contributed by atoms with Gasteiger partial charge in [0.05, 0.1) is 0 Å². The van der Waals surface area contributed by atoms with Crippen LogP contribution in [0.3, 0.4) is 0 Å². The second-order valence-electron chi connectivity index (χ2n) is 8.27. The van der Waals surface area contributed by atoms with E-state index in [1.54, 1.807) is 0 Å². The molecule has 3 saturated carbocycles. The van der Waals surface area contributed by atoms with Gasteiger partial charge in [0.15, 0.2) is 6.17 Å². The summed E-state index contributed by atoms with van der Waals surface area (Å²) in [5.41, 5.74) is 0. The molecule has 3 fully saturated rings. The van der Waals surface area contributed by atoms with Gasteiger partial charge in [-0.05, 0) is 81.5 Å². The van der Waals surface area contributed by atoms with Crippen LogP contribution in [0.2, 0.25) is 0 Å². The second-order valence-corrected chi connectivity index (χ2v) is 8.27. The van der Waals surface area contributed by atoms with Crippen molar-refractivity contribution in [3.05, 3.63) is 0 Å². The first-order chi connectivity index (χ1) is 11.5. The lowest BCUT2D eigenvalue weighted by molar-refractivity contribution is -0.112. The van der Waals surface area contributed by atoms with Crippen LogP contribution in [-0.4, -0.2) is 31.0 Å². The highest BCUT2D eigenvalue weighted by molar-refractivity contribution is 5.53. The molecule has 0 aromatic carbocycles. The van der Waals surface area contributed by atoms with E-state index in [0.29, 0.717) is 24.7 Å². The van der Waals surface area contributed by atoms with Crippen molar-refractivity contribution in [2.45, 2.75) is 82.5 Å². The molecule has 0 amide bonds. The van der Waals surface area contributed by atoms with Crippen LogP contribution in [-0.2, 0) is 4.79 Å². The summed E-state index contributed by atoms with van der Waals surface area (Å²) in [6.07, 6.45) is 0.0835. The quantitative estimate of drug-likeness (QED) is 0.508. The molecule has 0 bridgehead atoms. The molecule has 0 radical (unpaired) electrons. The Morgan fingerprint density at radius 2 is 1.17 bits per heavy atom. The summed E-state index contributed by atoms with van der Waals surface area (Å²) in [6.45, 7) is 0. The van der Waals surface area contributed by atoms with E-state index in [1.807, 2.05) is 0 Å². The van der Waals surface area contributed by atoms with Crippen molar-refractivity contribution in [2.75, 3.05) is 0 Å². The monoisotopic (exact) mass is 348 g/mol. The van der Waals surface area contributed by atoms with Gasteiger partial charge in [-0.15, -0.1) is 0 Å². The van der Waals surface area contributed by atoms with E-state index in [0.717, 1.165) is 38.4 Å². The number of hydrogen-bond acceptors (Lipinski definition) is 1. The van der Waals surface area contributed by atoms with Crippen LogP contribution in [0.5, 0.6) is 0 Å². The zero-order valence-electron chi connectivity index (χ0n) is 14.1.